The lowest BCUT2D eigenvalue weighted by Crippen LogP contribution is -2.21. The van der Waals surface area contributed by atoms with E-state index in [-0.39, 0.29) is 6.04 Å². The first-order valence-electron chi connectivity index (χ1n) is 6.87. The molecule has 0 bridgehead atoms. The second-order valence-electron chi connectivity index (χ2n) is 5.34. The Morgan fingerprint density at radius 1 is 1.43 bits per heavy atom. The Morgan fingerprint density at radius 3 is 2.57 bits per heavy atom. The van der Waals surface area contributed by atoms with Crippen molar-refractivity contribution < 1.29 is 14.3 Å². The SMILES string of the molecule is COc1c(C2CC(CN)CN2C)cc(Br)c(C=O)c1OC. The standard InChI is InChI=1S/C15H21BrN2O3/c1-18-7-9(6-17)4-13(18)10-5-12(16)11(8-19)15(21-3)14(10)20-2/h5,8-9,13H,4,6-7,17H2,1-3H3. The van der Waals surface area contributed by atoms with Gasteiger partial charge in [0, 0.05) is 22.6 Å². The number of hydrogen-bond acceptors (Lipinski definition) is 5. The molecule has 1 aromatic rings. The topological polar surface area (TPSA) is 64.8 Å². The molecule has 2 rings (SSSR count). The first-order chi connectivity index (χ1) is 10.1. The number of ether oxygens (including phenoxy) is 2. The van der Waals surface area contributed by atoms with E-state index < -0.39 is 0 Å². The van der Waals surface area contributed by atoms with Gasteiger partial charge in [0.15, 0.2) is 17.8 Å². The fourth-order valence-corrected chi connectivity index (χ4v) is 3.57. The number of methoxy groups -OCH3 is 2. The fourth-order valence-electron chi connectivity index (χ4n) is 3.05. The normalized spacial score (nSPS) is 22.3. The summed E-state index contributed by atoms with van der Waals surface area (Å²) < 4.78 is 11.6. The van der Waals surface area contributed by atoms with Crippen LogP contribution in [0.15, 0.2) is 10.5 Å². The van der Waals surface area contributed by atoms with Crippen LogP contribution in [0.2, 0.25) is 0 Å². The third kappa shape index (κ3) is 2.93. The van der Waals surface area contributed by atoms with Crippen molar-refractivity contribution in [1.29, 1.82) is 0 Å². The van der Waals surface area contributed by atoms with Gasteiger partial charge in [0.05, 0.1) is 19.8 Å². The minimum atomic E-state index is 0.208. The van der Waals surface area contributed by atoms with Crippen molar-refractivity contribution >= 4 is 22.2 Å². The molecule has 0 aromatic heterocycles. The van der Waals surface area contributed by atoms with E-state index in [9.17, 15) is 4.79 Å². The van der Waals surface area contributed by atoms with Crippen LogP contribution in [0.4, 0.5) is 0 Å². The Balaban J connectivity index is 2.53. The van der Waals surface area contributed by atoms with Crippen LogP contribution in [0.3, 0.4) is 0 Å². The van der Waals surface area contributed by atoms with Gasteiger partial charge in [0.25, 0.3) is 0 Å². The molecule has 21 heavy (non-hydrogen) atoms. The molecule has 116 valence electrons. The molecule has 6 heteroatoms. The first kappa shape index (κ1) is 16.3. The Kier molecular flexibility index (Phi) is 5.24. The quantitative estimate of drug-likeness (QED) is 0.819. The van der Waals surface area contributed by atoms with Gasteiger partial charge in [-0.25, -0.2) is 0 Å². The second-order valence-corrected chi connectivity index (χ2v) is 6.19. The maximum absolute atomic E-state index is 11.3. The lowest BCUT2D eigenvalue weighted by Gasteiger charge is -2.24. The van der Waals surface area contributed by atoms with Gasteiger partial charge in [-0.3, -0.25) is 9.69 Å². The van der Waals surface area contributed by atoms with E-state index in [0.717, 1.165) is 29.3 Å². The average molecular weight is 357 g/mol. The molecule has 1 saturated heterocycles. The summed E-state index contributed by atoms with van der Waals surface area (Å²) in [6.07, 6.45) is 1.75. The zero-order chi connectivity index (χ0) is 15.6. The number of nitrogens with zero attached hydrogens (tertiary/aromatic N) is 1. The van der Waals surface area contributed by atoms with Crippen molar-refractivity contribution in [2.24, 2.45) is 11.7 Å². The molecular weight excluding hydrogens is 336 g/mol. The van der Waals surface area contributed by atoms with Gasteiger partial charge in [-0.1, -0.05) is 0 Å². The highest BCUT2D eigenvalue weighted by Gasteiger charge is 2.33. The van der Waals surface area contributed by atoms with Crippen molar-refractivity contribution in [3.63, 3.8) is 0 Å². The zero-order valence-corrected chi connectivity index (χ0v) is 14.1. The van der Waals surface area contributed by atoms with Crippen molar-refractivity contribution in [2.45, 2.75) is 12.5 Å². The van der Waals surface area contributed by atoms with Crippen molar-refractivity contribution in [1.82, 2.24) is 4.90 Å². The van der Waals surface area contributed by atoms with Gasteiger partial charge >= 0.3 is 0 Å². The van der Waals surface area contributed by atoms with E-state index in [1.807, 2.05) is 6.07 Å². The molecule has 0 amide bonds. The predicted octanol–water partition coefficient (Wildman–Crippen LogP) is 2.23. The monoisotopic (exact) mass is 356 g/mol. The molecule has 1 heterocycles. The number of carbonyl (C=O) groups is 1. The molecular formula is C15H21BrN2O3. The summed E-state index contributed by atoms with van der Waals surface area (Å²) in [5, 5.41) is 0. The number of rotatable bonds is 5. The van der Waals surface area contributed by atoms with E-state index in [1.54, 1.807) is 14.2 Å². The number of halogens is 1. The molecule has 1 aliphatic rings. The molecule has 1 fully saturated rings. The highest BCUT2D eigenvalue weighted by Crippen LogP contribution is 2.45. The van der Waals surface area contributed by atoms with Crippen molar-refractivity contribution in [3.8, 4) is 11.5 Å². The van der Waals surface area contributed by atoms with Gasteiger partial charge in [-0.05, 0) is 47.9 Å². The van der Waals surface area contributed by atoms with Crippen LogP contribution in [0.1, 0.15) is 28.4 Å². The molecule has 0 saturated carbocycles. The smallest absolute Gasteiger partial charge is 0.172 e. The molecule has 1 aromatic carbocycles. The summed E-state index contributed by atoms with van der Waals surface area (Å²) in [6.45, 7) is 1.63. The Labute approximate surface area is 133 Å². The molecule has 5 nitrogen and oxygen atoms in total. The van der Waals surface area contributed by atoms with Crippen LogP contribution in [-0.4, -0.2) is 45.5 Å². The highest BCUT2D eigenvalue weighted by molar-refractivity contribution is 9.10. The summed E-state index contributed by atoms with van der Waals surface area (Å²) in [7, 11) is 5.22. The fraction of sp³-hybridized carbons (Fsp3) is 0.533. The van der Waals surface area contributed by atoms with Crippen molar-refractivity contribution in [2.75, 3.05) is 34.4 Å². The Morgan fingerprint density at radius 2 is 2.10 bits per heavy atom. The minimum absolute atomic E-state index is 0.208. The van der Waals surface area contributed by atoms with Crippen LogP contribution >= 0.6 is 15.9 Å². The minimum Gasteiger partial charge on any atom is -0.492 e. The third-order valence-corrected chi connectivity index (χ3v) is 4.76. The Hall–Kier alpha value is -1.11. The van der Waals surface area contributed by atoms with Gasteiger partial charge in [0.1, 0.15) is 0 Å². The van der Waals surface area contributed by atoms with Crippen LogP contribution in [-0.2, 0) is 0 Å². The lowest BCUT2D eigenvalue weighted by atomic mass is 9.97. The predicted molar refractivity (Wildman–Crippen MR) is 85.2 cm³/mol. The van der Waals surface area contributed by atoms with Crippen molar-refractivity contribution in [3.05, 3.63) is 21.7 Å². The molecule has 0 spiro atoms. The number of carbonyl (C=O) groups excluding carboxylic acids is 1. The molecule has 0 aliphatic carbocycles. The molecule has 2 N–H and O–H groups in total. The van der Waals surface area contributed by atoms with Gasteiger partial charge in [0.2, 0.25) is 0 Å². The maximum atomic E-state index is 11.3. The largest absolute Gasteiger partial charge is 0.492 e. The molecule has 2 atom stereocenters. The van der Waals surface area contributed by atoms with E-state index in [1.165, 1.54) is 0 Å². The highest BCUT2D eigenvalue weighted by atomic mass is 79.9. The summed E-state index contributed by atoms with van der Waals surface area (Å²) in [6, 6.07) is 2.16. The zero-order valence-electron chi connectivity index (χ0n) is 12.6. The number of nitrogens with two attached hydrogens (primary N) is 1. The van der Waals surface area contributed by atoms with Crippen LogP contribution in [0, 0.1) is 5.92 Å². The second kappa shape index (κ2) is 6.77. The van der Waals surface area contributed by atoms with E-state index in [2.05, 4.69) is 27.9 Å². The number of likely N-dealkylation sites (tertiary alicyclic amines) is 1. The number of aldehydes is 1. The molecule has 0 radical (unpaired) electrons. The van der Waals surface area contributed by atoms with Gasteiger partial charge in [-0.2, -0.15) is 0 Å². The van der Waals surface area contributed by atoms with Crippen LogP contribution < -0.4 is 15.2 Å². The van der Waals surface area contributed by atoms with Gasteiger partial charge in [-0.15, -0.1) is 0 Å². The number of hydrogen-bond donors (Lipinski definition) is 1. The maximum Gasteiger partial charge on any atom is 0.172 e. The number of benzene rings is 1. The average Bonchev–Trinajstić information content (AvgIpc) is 2.86. The summed E-state index contributed by atoms with van der Waals surface area (Å²) in [5.74, 6) is 1.57. The van der Waals surface area contributed by atoms with E-state index in [0.29, 0.717) is 29.5 Å². The van der Waals surface area contributed by atoms with E-state index >= 15 is 0 Å². The van der Waals surface area contributed by atoms with E-state index in [4.69, 9.17) is 15.2 Å². The third-order valence-electron chi connectivity index (χ3n) is 4.11. The van der Waals surface area contributed by atoms with Crippen LogP contribution in [0.25, 0.3) is 0 Å². The summed E-state index contributed by atoms with van der Waals surface area (Å²) in [5.41, 5.74) is 7.29. The summed E-state index contributed by atoms with van der Waals surface area (Å²) in [4.78, 5) is 13.5. The molecule has 2 unspecified atom stereocenters. The summed E-state index contributed by atoms with van der Waals surface area (Å²) >= 11 is 3.45. The Bertz CT molecular complexity index is 536. The molecule has 1 aliphatic heterocycles. The van der Waals surface area contributed by atoms with Gasteiger partial charge < -0.3 is 15.2 Å². The first-order valence-corrected chi connectivity index (χ1v) is 7.66. The lowest BCUT2D eigenvalue weighted by molar-refractivity contribution is 0.111. The van der Waals surface area contributed by atoms with Crippen LogP contribution in [0.5, 0.6) is 11.5 Å².